The van der Waals surface area contributed by atoms with E-state index in [1.165, 1.54) is 28.1 Å². The molecule has 2 aromatic carbocycles. The molecule has 0 spiro atoms. The third-order valence-corrected chi connectivity index (χ3v) is 5.20. The van der Waals surface area contributed by atoms with Gasteiger partial charge in [0, 0.05) is 5.75 Å². The van der Waals surface area contributed by atoms with Crippen LogP contribution >= 0.6 is 39.3 Å². The van der Waals surface area contributed by atoms with Gasteiger partial charge in [-0.1, -0.05) is 65.8 Å². The van der Waals surface area contributed by atoms with Crippen molar-refractivity contribution in [1.82, 2.24) is 9.97 Å². The third-order valence-electron chi connectivity index (χ3n) is 3.00. The molecule has 0 unspecified atom stereocenters. The van der Waals surface area contributed by atoms with Gasteiger partial charge in [0.05, 0.1) is 4.47 Å². The zero-order valence-electron chi connectivity index (χ0n) is 10.9. The smallest absolute Gasteiger partial charge is 0.191 e. The van der Waals surface area contributed by atoms with Crippen LogP contribution in [0.3, 0.4) is 0 Å². The van der Waals surface area contributed by atoms with Crippen molar-refractivity contribution in [2.75, 3.05) is 5.73 Å². The highest BCUT2D eigenvalue weighted by Gasteiger charge is 2.08. The molecule has 3 aromatic rings. The number of anilines is 1. The van der Waals surface area contributed by atoms with E-state index in [0.717, 1.165) is 5.75 Å². The maximum atomic E-state index is 5.99. The van der Waals surface area contributed by atoms with Crippen molar-refractivity contribution < 1.29 is 0 Å². The summed E-state index contributed by atoms with van der Waals surface area (Å²) in [5, 5.41) is 3.38. The minimum atomic E-state index is 0.337. The van der Waals surface area contributed by atoms with E-state index in [9.17, 15) is 0 Å². The molecule has 21 heavy (non-hydrogen) atoms. The van der Waals surface area contributed by atoms with Crippen LogP contribution in [-0.2, 0) is 5.75 Å². The van der Waals surface area contributed by atoms with Crippen LogP contribution in [-0.4, -0.2) is 9.97 Å². The molecule has 0 bridgehead atoms. The molecule has 0 amide bonds. The average Bonchev–Trinajstić information content (AvgIpc) is 2.50. The molecule has 0 aliphatic carbocycles. The Bertz CT molecular complexity index is 787. The van der Waals surface area contributed by atoms with E-state index in [1.54, 1.807) is 0 Å². The Morgan fingerprint density at radius 2 is 1.86 bits per heavy atom. The molecule has 0 fully saturated rings. The number of aromatic nitrogens is 2. The number of hydrogen-bond acceptors (Lipinski definition) is 4. The molecule has 3 nitrogen and oxygen atoms in total. The number of rotatable bonds is 3. The van der Waals surface area contributed by atoms with Crippen LogP contribution in [0.5, 0.6) is 0 Å². The number of thioether (sulfide) groups is 1. The summed E-state index contributed by atoms with van der Waals surface area (Å²) in [6.45, 7) is 0. The Balaban J connectivity index is 1.80. The van der Waals surface area contributed by atoms with Gasteiger partial charge in [-0.25, -0.2) is 9.97 Å². The lowest BCUT2D eigenvalue weighted by molar-refractivity contribution is 0.968. The Morgan fingerprint density at radius 1 is 1.10 bits per heavy atom. The van der Waals surface area contributed by atoms with Crippen LogP contribution in [0.15, 0.2) is 52.1 Å². The third kappa shape index (κ3) is 3.31. The summed E-state index contributed by atoms with van der Waals surface area (Å²) in [4.78, 5) is 8.41. The van der Waals surface area contributed by atoms with E-state index < -0.39 is 0 Å². The number of nitrogens with two attached hydrogens (primary N) is 1. The Morgan fingerprint density at radius 3 is 2.62 bits per heavy atom. The first kappa shape index (κ1) is 14.6. The number of nitrogens with zero attached hydrogens (tertiary/aromatic N) is 2. The Labute approximate surface area is 140 Å². The van der Waals surface area contributed by atoms with E-state index in [0.29, 0.717) is 20.6 Å². The second kappa shape index (κ2) is 6.22. The van der Waals surface area contributed by atoms with Gasteiger partial charge in [-0.2, -0.15) is 0 Å². The van der Waals surface area contributed by atoms with Gasteiger partial charge in [-0.3, -0.25) is 0 Å². The number of fused-ring (bicyclic) bond motifs is 1. The van der Waals surface area contributed by atoms with Gasteiger partial charge < -0.3 is 5.73 Å². The second-order valence-corrected chi connectivity index (χ2v) is 6.56. The van der Waals surface area contributed by atoms with Crippen molar-refractivity contribution in [3.63, 3.8) is 0 Å². The lowest BCUT2D eigenvalue weighted by atomic mass is 10.1. The van der Waals surface area contributed by atoms with Crippen molar-refractivity contribution in [3.8, 4) is 0 Å². The van der Waals surface area contributed by atoms with Crippen LogP contribution in [0.25, 0.3) is 10.8 Å². The normalized spacial score (nSPS) is 11.0. The van der Waals surface area contributed by atoms with E-state index in [1.807, 2.05) is 12.1 Å². The van der Waals surface area contributed by atoms with Crippen LogP contribution in [0, 0.1) is 0 Å². The molecule has 0 saturated carbocycles. The molecule has 1 aromatic heterocycles. The predicted octanol–water partition coefficient (Wildman–Crippen LogP) is 4.92. The minimum Gasteiger partial charge on any atom is -0.383 e. The molecule has 6 heteroatoms. The van der Waals surface area contributed by atoms with Crippen molar-refractivity contribution in [3.05, 3.63) is 57.7 Å². The average molecular weight is 381 g/mol. The highest BCUT2D eigenvalue weighted by atomic mass is 79.9. The Hall–Kier alpha value is -1.30. The molecule has 3 rings (SSSR count). The summed E-state index contributed by atoms with van der Waals surface area (Å²) in [6, 6.07) is 14.7. The van der Waals surface area contributed by atoms with Gasteiger partial charge in [0.15, 0.2) is 5.16 Å². The quantitative estimate of drug-likeness (QED) is 0.398. The number of nitrogen functional groups attached to an aromatic ring is 1. The van der Waals surface area contributed by atoms with Crippen LogP contribution in [0.1, 0.15) is 5.56 Å². The summed E-state index contributed by atoms with van der Waals surface area (Å²) in [6.07, 6.45) is 0. The molecule has 0 aliphatic heterocycles. The number of hydrogen-bond donors (Lipinski definition) is 1. The lowest BCUT2D eigenvalue weighted by Gasteiger charge is -2.05. The van der Waals surface area contributed by atoms with Crippen molar-refractivity contribution in [2.45, 2.75) is 10.9 Å². The maximum absolute atomic E-state index is 5.99. The zero-order chi connectivity index (χ0) is 14.8. The summed E-state index contributed by atoms with van der Waals surface area (Å²) < 4.78 is 0.541. The summed E-state index contributed by atoms with van der Waals surface area (Å²) in [5.74, 6) is 1.12. The van der Waals surface area contributed by atoms with Gasteiger partial charge in [-0.05, 0) is 32.3 Å². The van der Waals surface area contributed by atoms with Crippen LogP contribution < -0.4 is 5.73 Å². The topological polar surface area (TPSA) is 51.8 Å². The summed E-state index contributed by atoms with van der Waals surface area (Å²) in [7, 11) is 0. The molecule has 0 saturated heterocycles. The van der Waals surface area contributed by atoms with Gasteiger partial charge in [0.25, 0.3) is 0 Å². The molecule has 1 heterocycles. The van der Waals surface area contributed by atoms with Crippen LogP contribution in [0.4, 0.5) is 5.82 Å². The van der Waals surface area contributed by atoms with Gasteiger partial charge >= 0.3 is 0 Å². The van der Waals surface area contributed by atoms with Crippen molar-refractivity contribution in [2.24, 2.45) is 0 Å². The van der Waals surface area contributed by atoms with E-state index in [-0.39, 0.29) is 0 Å². The van der Waals surface area contributed by atoms with Crippen molar-refractivity contribution >= 4 is 55.9 Å². The monoisotopic (exact) mass is 379 g/mol. The first-order chi connectivity index (χ1) is 10.1. The highest BCUT2D eigenvalue weighted by molar-refractivity contribution is 9.10. The highest BCUT2D eigenvalue weighted by Crippen LogP contribution is 2.29. The molecule has 0 aliphatic rings. The molecule has 106 valence electrons. The van der Waals surface area contributed by atoms with Gasteiger partial charge in [0.1, 0.15) is 11.0 Å². The molecular weight excluding hydrogens is 370 g/mol. The first-order valence-corrected chi connectivity index (χ1v) is 8.38. The number of halogens is 2. The first-order valence-electron chi connectivity index (χ1n) is 6.22. The van der Waals surface area contributed by atoms with Gasteiger partial charge in [0.2, 0.25) is 0 Å². The zero-order valence-corrected chi connectivity index (χ0v) is 14.0. The fourth-order valence-corrected chi connectivity index (χ4v) is 3.16. The van der Waals surface area contributed by atoms with E-state index in [2.05, 4.69) is 56.2 Å². The van der Waals surface area contributed by atoms with E-state index >= 15 is 0 Å². The van der Waals surface area contributed by atoms with Crippen molar-refractivity contribution in [1.29, 1.82) is 0 Å². The standard InChI is InChI=1S/C15H11BrClN3S/c16-12-13(17)19-15(20-14(12)18)21-8-9-5-6-10-3-1-2-4-11(10)7-9/h1-7H,8H2,(H2,18,19,20). The largest absolute Gasteiger partial charge is 0.383 e. The maximum Gasteiger partial charge on any atom is 0.191 e. The lowest BCUT2D eigenvalue weighted by Crippen LogP contribution is -1.97. The summed E-state index contributed by atoms with van der Waals surface area (Å²) in [5.41, 5.74) is 6.98. The SMILES string of the molecule is Nc1nc(SCc2ccc3ccccc3c2)nc(Cl)c1Br. The van der Waals surface area contributed by atoms with Gasteiger partial charge in [-0.15, -0.1) is 0 Å². The number of benzene rings is 2. The molecule has 0 atom stereocenters. The van der Waals surface area contributed by atoms with Crippen LogP contribution in [0.2, 0.25) is 5.15 Å². The molecule has 2 N–H and O–H groups in total. The Kier molecular flexibility index (Phi) is 4.33. The molecular formula is C15H11BrClN3S. The fraction of sp³-hybridized carbons (Fsp3) is 0.0667. The summed E-state index contributed by atoms with van der Waals surface area (Å²) >= 11 is 10.7. The predicted molar refractivity (Wildman–Crippen MR) is 92.7 cm³/mol. The molecule has 0 radical (unpaired) electrons. The minimum absolute atomic E-state index is 0.337. The fourth-order valence-electron chi connectivity index (χ4n) is 1.96. The second-order valence-electron chi connectivity index (χ2n) is 4.47. The van der Waals surface area contributed by atoms with E-state index in [4.69, 9.17) is 17.3 Å².